The maximum Gasteiger partial charge on any atom is 0.0707 e. The Bertz CT molecular complexity index is 1350. The Morgan fingerprint density at radius 2 is 1.64 bits per heavy atom. The number of hydrogen-bond donors (Lipinski definition) is 1. The molecule has 5 rings (SSSR count). The van der Waals surface area contributed by atoms with Crippen molar-refractivity contribution < 1.29 is 0 Å². The highest BCUT2D eigenvalue weighted by molar-refractivity contribution is 6.09. The number of pyridine rings is 1. The molecule has 0 aliphatic heterocycles. The first kappa shape index (κ1) is 16.6. The number of nitrogens with two attached hydrogens (primary N) is 1. The minimum Gasteiger partial charge on any atom is -0.399 e. The highest BCUT2D eigenvalue weighted by Gasteiger charge is 2.10. The maximum absolute atomic E-state index is 6.06. The zero-order valence-corrected chi connectivity index (χ0v) is 15.8. The van der Waals surface area contributed by atoms with Gasteiger partial charge in [-0.3, -0.25) is 4.98 Å². The first-order valence-corrected chi connectivity index (χ1v) is 9.58. The number of fused-ring (bicyclic) bond motifs is 4. The first-order chi connectivity index (χ1) is 13.7. The molecule has 0 bridgehead atoms. The van der Waals surface area contributed by atoms with Crippen LogP contribution in [-0.4, -0.2) is 9.55 Å². The van der Waals surface area contributed by atoms with Gasteiger partial charge in [-0.05, 0) is 60.5 Å². The first-order valence-electron chi connectivity index (χ1n) is 9.58. The van der Waals surface area contributed by atoms with Crippen LogP contribution in [0.3, 0.4) is 0 Å². The number of rotatable bonds is 3. The molecule has 136 valence electrons. The van der Waals surface area contributed by atoms with Crippen molar-refractivity contribution in [3.63, 3.8) is 0 Å². The molecule has 0 radical (unpaired) electrons. The Kier molecular flexibility index (Phi) is 3.87. The number of nitrogen functional groups attached to an aromatic ring is 1. The Labute approximate surface area is 163 Å². The second-order valence-electron chi connectivity index (χ2n) is 7.05. The molecule has 0 amide bonds. The molecule has 0 saturated heterocycles. The van der Waals surface area contributed by atoms with Crippen molar-refractivity contribution in [1.29, 1.82) is 0 Å². The molecule has 3 nitrogen and oxygen atoms in total. The van der Waals surface area contributed by atoms with E-state index >= 15 is 0 Å². The highest BCUT2D eigenvalue weighted by Crippen LogP contribution is 2.31. The predicted octanol–water partition coefficient (Wildman–Crippen LogP) is 6.12. The minimum atomic E-state index is 0.798. The molecule has 0 atom stereocenters. The molecule has 0 aliphatic carbocycles. The summed E-state index contributed by atoms with van der Waals surface area (Å²) in [5.74, 6) is 0. The van der Waals surface area contributed by atoms with Gasteiger partial charge in [0, 0.05) is 45.6 Å². The number of nitrogens with zero attached hydrogens (tertiary/aromatic N) is 2. The summed E-state index contributed by atoms with van der Waals surface area (Å²) in [7, 11) is 0. The number of aromatic nitrogens is 2. The predicted molar refractivity (Wildman–Crippen MR) is 120 cm³/mol. The van der Waals surface area contributed by atoms with E-state index in [4.69, 9.17) is 5.73 Å². The molecule has 2 N–H and O–H groups in total. The van der Waals surface area contributed by atoms with Crippen LogP contribution in [0.25, 0.3) is 44.9 Å². The van der Waals surface area contributed by atoms with Gasteiger partial charge in [0.2, 0.25) is 0 Å². The van der Waals surface area contributed by atoms with Crippen LogP contribution in [0.4, 0.5) is 5.69 Å². The monoisotopic (exact) mass is 363 g/mol. The maximum atomic E-state index is 6.06. The number of aryl methyl sites for hydroxylation is 1. The summed E-state index contributed by atoms with van der Waals surface area (Å²) < 4.78 is 2.34. The lowest BCUT2D eigenvalue weighted by Gasteiger charge is -2.03. The summed E-state index contributed by atoms with van der Waals surface area (Å²) in [6.45, 7) is 3.11. The van der Waals surface area contributed by atoms with Crippen molar-refractivity contribution in [1.82, 2.24) is 9.55 Å². The summed E-state index contributed by atoms with van der Waals surface area (Å²) in [4.78, 5) is 4.44. The number of para-hydroxylation sites is 1. The van der Waals surface area contributed by atoms with Gasteiger partial charge in [-0.1, -0.05) is 36.4 Å². The van der Waals surface area contributed by atoms with Crippen molar-refractivity contribution >= 4 is 50.5 Å². The van der Waals surface area contributed by atoms with Crippen LogP contribution >= 0.6 is 0 Å². The van der Waals surface area contributed by atoms with Crippen molar-refractivity contribution in [2.45, 2.75) is 13.5 Å². The van der Waals surface area contributed by atoms with Crippen molar-refractivity contribution in [3.05, 3.63) is 84.1 Å². The highest BCUT2D eigenvalue weighted by atomic mass is 15.0. The zero-order chi connectivity index (χ0) is 19.1. The Morgan fingerprint density at radius 1 is 0.857 bits per heavy atom. The minimum absolute atomic E-state index is 0.798. The van der Waals surface area contributed by atoms with E-state index in [-0.39, 0.29) is 0 Å². The van der Waals surface area contributed by atoms with Gasteiger partial charge in [-0.25, -0.2) is 0 Å². The number of anilines is 1. The quantitative estimate of drug-likeness (QED) is 0.393. The Balaban J connectivity index is 1.64. The van der Waals surface area contributed by atoms with E-state index in [9.17, 15) is 0 Å². The Morgan fingerprint density at radius 3 is 2.50 bits per heavy atom. The fourth-order valence-electron chi connectivity index (χ4n) is 4.03. The molecule has 0 saturated carbocycles. The Hall–Kier alpha value is -3.59. The van der Waals surface area contributed by atoms with Crippen LogP contribution in [0.15, 0.2) is 72.9 Å². The normalized spacial score (nSPS) is 11.9. The van der Waals surface area contributed by atoms with Gasteiger partial charge in [0.1, 0.15) is 0 Å². The van der Waals surface area contributed by atoms with E-state index in [0.29, 0.717) is 0 Å². The van der Waals surface area contributed by atoms with E-state index in [2.05, 4.69) is 77.2 Å². The van der Waals surface area contributed by atoms with Gasteiger partial charge in [0.15, 0.2) is 0 Å². The summed E-state index contributed by atoms with van der Waals surface area (Å²) in [5, 5.41) is 3.62. The SMILES string of the molecule is CCn1c2ccc(N)cc2c2cc(/C=C/c3ccnc4ccccc34)ccc21. The lowest BCUT2D eigenvalue weighted by Crippen LogP contribution is -1.93. The summed E-state index contributed by atoms with van der Waals surface area (Å²) in [6, 6.07) is 23.1. The molecule has 2 heterocycles. The van der Waals surface area contributed by atoms with E-state index in [1.165, 1.54) is 32.9 Å². The van der Waals surface area contributed by atoms with Gasteiger partial charge in [-0.15, -0.1) is 0 Å². The number of benzene rings is 3. The third-order valence-electron chi connectivity index (χ3n) is 5.37. The fourth-order valence-corrected chi connectivity index (χ4v) is 4.03. The average Bonchev–Trinajstić information content (AvgIpc) is 3.04. The average molecular weight is 363 g/mol. The third kappa shape index (κ3) is 2.64. The zero-order valence-electron chi connectivity index (χ0n) is 15.8. The smallest absolute Gasteiger partial charge is 0.0707 e. The lowest BCUT2D eigenvalue weighted by atomic mass is 10.1. The summed E-state index contributed by atoms with van der Waals surface area (Å²) in [6.07, 6.45) is 6.20. The second kappa shape index (κ2) is 6.54. The molecule has 0 spiro atoms. The number of hydrogen-bond acceptors (Lipinski definition) is 2. The van der Waals surface area contributed by atoms with E-state index < -0.39 is 0 Å². The second-order valence-corrected chi connectivity index (χ2v) is 7.05. The van der Waals surface area contributed by atoms with Crippen molar-refractivity contribution in [2.75, 3.05) is 5.73 Å². The van der Waals surface area contributed by atoms with E-state index in [0.717, 1.165) is 23.1 Å². The van der Waals surface area contributed by atoms with E-state index in [1.54, 1.807) is 0 Å². The standard InChI is InChI=1S/C25H21N3/c1-2-28-24-11-8-17(15-21(24)22-16-19(26)10-12-25(22)28)7-9-18-13-14-27-23-6-4-3-5-20(18)23/h3-16H,2,26H2,1H3/b9-7+. The van der Waals surface area contributed by atoms with Crippen LogP contribution < -0.4 is 5.73 Å². The molecule has 5 aromatic rings. The van der Waals surface area contributed by atoms with Crippen LogP contribution in [0.5, 0.6) is 0 Å². The molecule has 2 aromatic heterocycles. The molecule has 0 fully saturated rings. The largest absolute Gasteiger partial charge is 0.399 e. The molecule has 0 unspecified atom stereocenters. The van der Waals surface area contributed by atoms with Gasteiger partial charge >= 0.3 is 0 Å². The van der Waals surface area contributed by atoms with E-state index in [1.807, 2.05) is 24.4 Å². The fraction of sp³-hybridized carbons (Fsp3) is 0.0800. The van der Waals surface area contributed by atoms with Gasteiger partial charge < -0.3 is 10.3 Å². The molecule has 3 aromatic carbocycles. The van der Waals surface area contributed by atoms with Gasteiger partial charge in [-0.2, -0.15) is 0 Å². The lowest BCUT2D eigenvalue weighted by molar-refractivity contribution is 0.827. The molecule has 0 aliphatic rings. The summed E-state index contributed by atoms with van der Waals surface area (Å²) >= 11 is 0. The summed E-state index contributed by atoms with van der Waals surface area (Å²) in [5.41, 5.74) is 12.7. The van der Waals surface area contributed by atoms with Gasteiger partial charge in [0.05, 0.1) is 5.52 Å². The van der Waals surface area contributed by atoms with Gasteiger partial charge in [0.25, 0.3) is 0 Å². The van der Waals surface area contributed by atoms with Crippen molar-refractivity contribution in [2.24, 2.45) is 0 Å². The van der Waals surface area contributed by atoms with Crippen LogP contribution in [0, 0.1) is 0 Å². The molecular formula is C25H21N3. The van der Waals surface area contributed by atoms with Crippen LogP contribution in [-0.2, 0) is 6.54 Å². The van der Waals surface area contributed by atoms with Crippen LogP contribution in [0.1, 0.15) is 18.1 Å². The molecular weight excluding hydrogens is 342 g/mol. The molecule has 3 heteroatoms. The van der Waals surface area contributed by atoms with Crippen LogP contribution in [0.2, 0.25) is 0 Å². The van der Waals surface area contributed by atoms with Crippen molar-refractivity contribution in [3.8, 4) is 0 Å². The third-order valence-corrected chi connectivity index (χ3v) is 5.37. The molecule has 28 heavy (non-hydrogen) atoms. The topological polar surface area (TPSA) is 43.8 Å².